The Balaban J connectivity index is 1.92. The van der Waals surface area contributed by atoms with Gasteiger partial charge in [0.25, 0.3) is 0 Å². The molecule has 3 fully saturated rings. The van der Waals surface area contributed by atoms with Crippen LogP contribution in [0.3, 0.4) is 0 Å². The monoisotopic (exact) mass is 265 g/mol. The Morgan fingerprint density at radius 2 is 1.95 bits per heavy atom. The maximum atomic E-state index is 9.65. The molecule has 20 heavy (non-hydrogen) atoms. The van der Waals surface area contributed by atoms with Gasteiger partial charge in [-0.2, -0.15) is 5.26 Å². The first kappa shape index (κ1) is 12.0. The molecule has 2 bridgehead atoms. The first-order valence-electron chi connectivity index (χ1n) is 7.49. The number of para-hydroxylation sites is 1. The van der Waals surface area contributed by atoms with E-state index in [9.17, 15) is 5.26 Å². The van der Waals surface area contributed by atoms with Gasteiger partial charge in [-0.15, -0.1) is 0 Å². The first-order valence-corrected chi connectivity index (χ1v) is 7.49. The standard InChI is InChI=1S/C17H19N3/c1-19-16-5-3-2-4-13(16)14(10-18)17(19)15-11-20-8-6-12(15)7-9-20/h2-5,12,15H,6-9,11H2,1H3. The Morgan fingerprint density at radius 3 is 2.60 bits per heavy atom. The summed E-state index contributed by atoms with van der Waals surface area (Å²) in [4.78, 5) is 2.56. The number of nitrogens with zero attached hydrogens (tertiary/aromatic N) is 3. The normalized spacial score (nSPS) is 28.7. The Bertz CT molecular complexity index is 699. The molecule has 3 heteroatoms. The number of hydrogen-bond donors (Lipinski definition) is 0. The molecule has 0 saturated carbocycles. The highest BCUT2D eigenvalue weighted by atomic mass is 15.2. The smallest absolute Gasteiger partial charge is 0.102 e. The van der Waals surface area contributed by atoms with Crippen molar-refractivity contribution in [3.8, 4) is 6.07 Å². The van der Waals surface area contributed by atoms with Crippen LogP contribution in [0.15, 0.2) is 24.3 Å². The van der Waals surface area contributed by atoms with Gasteiger partial charge >= 0.3 is 0 Å². The molecule has 3 nitrogen and oxygen atoms in total. The number of fused-ring (bicyclic) bond motifs is 4. The number of nitriles is 1. The van der Waals surface area contributed by atoms with Crippen molar-refractivity contribution in [2.75, 3.05) is 19.6 Å². The highest BCUT2D eigenvalue weighted by molar-refractivity contribution is 5.88. The van der Waals surface area contributed by atoms with Crippen molar-refractivity contribution >= 4 is 10.9 Å². The molecule has 0 spiro atoms. The Hall–Kier alpha value is -1.79. The van der Waals surface area contributed by atoms with Gasteiger partial charge in [0.05, 0.1) is 5.56 Å². The van der Waals surface area contributed by atoms with Crippen molar-refractivity contribution < 1.29 is 0 Å². The molecule has 0 N–H and O–H groups in total. The Morgan fingerprint density at radius 1 is 1.20 bits per heavy atom. The second kappa shape index (κ2) is 4.36. The van der Waals surface area contributed by atoms with Crippen LogP contribution >= 0.6 is 0 Å². The van der Waals surface area contributed by atoms with E-state index in [1.165, 1.54) is 37.1 Å². The average Bonchev–Trinajstić information content (AvgIpc) is 2.81. The minimum Gasteiger partial charge on any atom is -0.346 e. The van der Waals surface area contributed by atoms with E-state index in [2.05, 4.69) is 40.8 Å². The SMILES string of the molecule is Cn1c(C2CN3CCC2CC3)c(C#N)c2ccccc21. The summed E-state index contributed by atoms with van der Waals surface area (Å²) in [5.74, 6) is 1.29. The fourth-order valence-corrected chi connectivity index (χ4v) is 4.24. The van der Waals surface area contributed by atoms with Crippen LogP contribution < -0.4 is 0 Å². The summed E-state index contributed by atoms with van der Waals surface area (Å²) in [5.41, 5.74) is 3.36. The van der Waals surface area contributed by atoms with E-state index < -0.39 is 0 Å². The van der Waals surface area contributed by atoms with E-state index in [1.807, 2.05) is 6.07 Å². The molecule has 5 rings (SSSR count). The van der Waals surface area contributed by atoms with E-state index in [1.54, 1.807) is 0 Å². The van der Waals surface area contributed by atoms with Gasteiger partial charge in [-0.05, 0) is 37.9 Å². The van der Waals surface area contributed by atoms with Crippen LogP contribution in [0.4, 0.5) is 0 Å². The molecule has 1 unspecified atom stereocenters. The van der Waals surface area contributed by atoms with Gasteiger partial charge in [-0.1, -0.05) is 18.2 Å². The average molecular weight is 265 g/mol. The minimum absolute atomic E-state index is 0.532. The zero-order valence-electron chi connectivity index (χ0n) is 11.8. The van der Waals surface area contributed by atoms with Crippen molar-refractivity contribution in [3.05, 3.63) is 35.5 Å². The third-order valence-corrected chi connectivity index (χ3v) is 5.27. The number of benzene rings is 1. The molecule has 0 aliphatic carbocycles. The molecule has 3 aliphatic heterocycles. The highest BCUT2D eigenvalue weighted by Gasteiger charge is 2.38. The molecule has 2 aromatic rings. The molecule has 1 aromatic heterocycles. The summed E-state index contributed by atoms with van der Waals surface area (Å²) in [5, 5.41) is 10.8. The van der Waals surface area contributed by atoms with Gasteiger partial charge < -0.3 is 9.47 Å². The zero-order valence-corrected chi connectivity index (χ0v) is 11.8. The maximum Gasteiger partial charge on any atom is 0.102 e. The van der Waals surface area contributed by atoms with E-state index in [0.29, 0.717) is 5.92 Å². The predicted octanol–water partition coefficient (Wildman–Crippen LogP) is 2.86. The summed E-state index contributed by atoms with van der Waals surface area (Å²) < 4.78 is 2.26. The summed E-state index contributed by atoms with van der Waals surface area (Å²) in [6.07, 6.45) is 2.58. The fraction of sp³-hybridized carbons (Fsp3) is 0.471. The maximum absolute atomic E-state index is 9.65. The number of hydrogen-bond acceptors (Lipinski definition) is 2. The summed E-state index contributed by atoms with van der Waals surface area (Å²) in [6, 6.07) is 10.8. The second-order valence-electron chi connectivity index (χ2n) is 6.19. The molecule has 4 heterocycles. The van der Waals surface area contributed by atoms with Crippen LogP contribution in [0.1, 0.15) is 30.0 Å². The van der Waals surface area contributed by atoms with Gasteiger partial charge in [0.1, 0.15) is 6.07 Å². The third-order valence-electron chi connectivity index (χ3n) is 5.27. The molecular weight excluding hydrogens is 246 g/mol. The van der Waals surface area contributed by atoms with E-state index in [-0.39, 0.29) is 0 Å². The van der Waals surface area contributed by atoms with E-state index >= 15 is 0 Å². The lowest BCUT2D eigenvalue weighted by Gasteiger charge is -2.45. The molecular formula is C17H19N3. The van der Waals surface area contributed by atoms with Crippen LogP contribution in [0.25, 0.3) is 10.9 Å². The Labute approximate surface area is 119 Å². The van der Waals surface area contributed by atoms with Crippen molar-refractivity contribution in [1.82, 2.24) is 9.47 Å². The van der Waals surface area contributed by atoms with Gasteiger partial charge in [-0.3, -0.25) is 0 Å². The van der Waals surface area contributed by atoms with Crippen LogP contribution in [-0.4, -0.2) is 29.1 Å². The van der Waals surface area contributed by atoms with Crippen molar-refractivity contribution in [2.24, 2.45) is 13.0 Å². The quantitative estimate of drug-likeness (QED) is 0.794. The molecule has 102 valence electrons. The summed E-state index contributed by atoms with van der Waals surface area (Å²) in [6.45, 7) is 3.61. The fourth-order valence-electron chi connectivity index (χ4n) is 4.24. The van der Waals surface area contributed by atoms with Gasteiger partial charge in [0.15, 0.2) is 0 Å². The van der Waals surface area contributed by atoms with E-state index in [4.69, 9.17) is 0 Å². The number of piperidine rings is 3. The summed E-state index contributed by atoms with van der Waals surface area (Å²) in [7, 11) is 2.12. The van der Waals surface area contributed by atoms with Gasteiger partial charge in [-0.25, -0.2) is 0 Å². The molecule has 0 radical (unpaired) electrons. The third kappa shape index (κ3) is 1.55. The van der Waals surface area contributed by atoms with Crippen molar-refractivity contribution in [1.29, 1.82) is 5.26 Å². The molecule has 3 saturated heterocycles. The number of aryl methyl sites for hydroxylation is 1. The van der Waals surface area contributed by atoms with Gasteiger partial charge in [0.2, 0.25) is 0 Å². The van der Waals surface area contributed by atoms with Crippen LogP contribution in [0, 0.1) is 17.2 Å². The van der Waals surface area contributed by atoms with Gasteiger partial charge in [0, 0.05) is 36.1 Å². The topological polar surface area (TPSA) is 32.0 Å². The van der Waals surface area contributed by atoms with Crippen molar-refractivity contribution in [3.63, 3.8) is 0 Å². The molecule has 1 atom stereocenters. The minimum atomic E-state index is 0.532. The summed E-state index contributed by atoms with van der Waals surface area (Å²) >= 11 is 0. The van der Waals surface area contributed by atoms with E-state index in [0.717, 1.165) is 23.4 Å². The lowest BCUT2D eigenvalue weighted by molar-refractivity contribution is 0.0843. The van der Waals surface area contributed by atoms with Crippen LogP contribution in [0.2, 0.25) is 0 Å². The lowest BCUT2D eigenvalue weighted by atomic mass is 9.76. The molecule has 1 aromatic carbocycles. The molecule has 0 amide bonds. The largest absolute Gasteiger partial charge is 0.346 e. The number of rotatable bonds is 1. The van der Waals surface area contributed by atoms with Crippen LogP contribution in [-0.2, 0) is 7.05 Å². The molecule has 3 aliphatic rings. The zero-order chi connectivity index (χ0) is 13.7. The predicted molar refractivity (Wildman–Crippen MR) is 79.5 cm³/mol. The van der Waals surface area contributed by atoms with Crippen LogP contribution in [0.5, 0.6) is 0 Å². The highest BCUT2D eigenvalue weighted by Crippen LogP contribution is 2.42. The second-order valence-corrected chi connectivity index (χ2v) is 6.19. The number of aromatic nitrogens is 1. The van der Waals surface area contributed by atoms with Crippen molar-refractivity contribution in [2.45, 2.75) is 18.8 Å². The lowest BCUT2D eigenvalue weighted by Crippen LogP contribution is -2.46. The first-order chi connectivity index (χ1) is 9.79. The Kier molecular flexibility index (Phi) is 2.61.